The van der Waals surface area contributed by atoms with Gasteiger partial charge in [0.2, 0.25) is 0 Å². The topological polar surface area (TPSA) is 43.3 Å². The van der Waals surface area contributed by atoms with Crippen LogP contribution in [0.25, 0.3) is 16.2 Å². The summed E-state index contributed by atoms with van der Waals surface area (Å²) in [6.07, 6.45) is 2.72. The zero-order valence-corrected chi connectivity index (χ0v) is 11.3. The largest absolute Gasteiger partial charge is 0.383 e. The molecule has 3 rings (SSSR count). The maximum Gasteiger partial charge on any atom is 0.196 e. The first-order valence-corrected chi connectivity index (χ1v) is 6.84. The molecule has 3 aromatic rings. The number of rotatable bonds is 2. The Kier molecular flexibility index (Phi) is 2.59. The molecule has 2 N–H and O–H groups in total. The third-order valence-corrected chi connectivity index (χ3v) is 4.30. The Morgan fingerprint density at radius 2 is 2.00 bits per heavy atom. The molecule has 0 spiro atoms. The maximum atomic E-state index is 6.02. The van der Waals surface area contributed by atoms with E-state index in [1.165, 1.54) is 21.7 Å². The number of hydrogen-bond donors (Lipinski definition) is 1. The molecule has 2 heterocycles. The number of thiazole rings is 1. The highest BCUT2D eigenvalue weighted by molar-refractivity contribution is 7.17. The Hall–Kier alpha value is -1.81. The van der Waals surface area contributed by atoms with Crippen molar-refractivity contribution in [2.45, 2.75) is 20.3 Å². The van der Waals surface area contributed by atoms with Gasteiger partial charge in [0.15, 0.2) is 4.96 Å². The van der Waals surface area contributed by atoms with Crippen LogP contribution in [0, 0.1) is 6.92 Å². The molecular formula is C14H15N3S. The van der Waals surface area contributed by atoms with Gasteiger partial charge in [0.1, 0.15) is 5.82 Å². The minimum atomic E-state index is 0.705. The standard InChI is InChI=1S/C14H15N3S/c1-3-11-13(10-6-4-9(2)5-7-10)17-12(15)8-16-14(17)18-11/h4-8H,3,15H2,1-2H3. The molecule has 3 nitrogen and oxygen atoms in total. The van der Waals surface area contributed by atoms with Gasteiger partial charge >= 0.3 is 0 Å². The Balaban J connectivity index is 2.31. The summed E-state index contributed by atoms with van der Waals surface area (Å²) in [6.45, 7) is 4.26. The Bertz CT molecular complexity index is 692. The highest BCUT2D eigenvalue weighted by Gasteiger charge is 2.15. The van der Waals surface area contributed by atoms with Gasteiger partial charge in [0, 0.05) is 4.88 Å². The van der Waals surface area contributed by atoms with Crippen molar-refractivity contribution in [3.8, 4) is 11.3 Å². The average Bonchev–Trinajstić information content (AvgIpc) is 2.91. The summed E-state index contributed by atoms with van der Waals surface area (Å²) in [5.41, 5.74) is 9.67. The van der Waals surface area contributed by atoms with Crippen molar-refractivity contribution >= 4 is 22.1 Å². The summed E-state index contributed by atoms with van der Waals surface area (Å²) >= 11 is 1.72. The van der Waals surface area contributed by atoms with Crippen LogP contribution in [0.4, 0.5) is 5.82 Å². The number of nitrogens with two attached hydrogens (primary N) is 1. The Morgan fingerprint density at radius 1 is 1.28 bits per heavy atom. The molecule has 0 saturated heterocycles. The third kappa shape index (κ3) is 1.61. The molecule has 0 radical (unpaired) electrons. The van der Waals surface area contributed by atoms with Gasteiger partial charge in [0.25, 0.3) is 0 Å². The number of aryl methyl sites for hydroxylation is 2. The zero-order valence-electron chi connectivity index (χ0n) is 10.5. The van der Waals surface area contributed by atoms with Gasteiger partial charge in [0.05, 0.1) is 11.9 Å². The van der Waals surface area contributed by atoms with Crippen molar-refractivity contribution in [1.29, 1.82) is 0 Å². The number of fused-ring (bicyclic) bond motifs is 1. The fourth-order valence-electron chi connectivity index (χ4n) is 2.17. The summed E-state index contributed by atoms with van der Waals surface area (Å²) in [6, 6.07) is 8.56. The van der Waals surface area contributed by atoms with Crippen molar-refractivity contribution in [2.24, 2.45) is 0 Å². The van der Waals surface area contributed by atoms with Crippen LogP contribution < -0.4 is 5.73 Å². The highest BCUT2D eigenvalue weighted by Crippen LogP contribution is 2.33. The molecule has 1 aromatic carbocycles. The van der Waals surface area contributed by atoms with Gasteiger partial charge in [-0.05, 0) is 18.9 Å². The van der Waals surface area contributed by atoms with E-state index in [1.807, 2.05) is 4.40 Å². The van der Waals surface area contributed by atoms with Crippen LogP contribution in [0.3, 0.4) is 0 Å². The molecule has 0 saturated carbocycles. The molecule has 0 atom stereocenters. The highest BCUT2D eigenvalue weighted by atomic mass is 32.1. The second-order valence-electron chi connectivity index (χ2n) is 4.39. The zero-order chi connectivity index (χ0) is 12.7. The third-order valence-electron chi connectivity index (χ3n) is 3.11. The van der Waals surface area contributed by atoms with E-state index in [9.17, 15) is 0 Å². The van der Waals surface area contributed by atoms with Crippen molar-refractivity contribution in [3.05, 3.63) is 40.9 Å². The molecule has 0 amide bonds. The lowest BCUT2D eigenvalue weighted by Gasteiger charge is -2.05. The van der Waals surface area contributed by atoms with Crippen LogP contribution in [0.15, 0.2) is 30.5 Å². The number of hydrogen-bond acceptors (Lipinski definition) is 3. The molecule has 4 heteroatoms. The second kappa shape index (κ2) is 4.14. The van der Waals surface area contributed by atoms with E-state index in [1.54, 1.807) is 17.5 Å². The Morgan fingerprint density at radius 3 is 2.67 bits per heavy atom. The number of aromatic nitrogens is 2. The summed E-state index contributed by atoms with van der Waals surface area (Å²) in [5.74, 6) is 0.705. The fraction of sp³-hybridized carbons (Fsp3) is 0.214. The van der Waals surface area contributed by atoms with Crippen molar-refractivity contribution in [1.82, 2.24) is 9.38 Å². The molecule has 0 bridgehead atoms. The minimum absolute atomic E-state index is 0.705. The summed E-state index contributed by atoms with van der Waals surface area (Å²) in [4.78, 5) is 6.65. The minimum Gasteiger partial charge on any atom is -0.383 e. The lowest BCUT2D eigenvalue weighted by atomic mass is 10.1. The van der Waals surface area contributed by atoms with Crippen molar-refractivity contribution in [3.63, 3.8) is 0 Å². The smallest absolute Gasteiger partial charge is 0.196 e. The van der Waals surface area contributed by atoms with Crippen LogP contribution in [0.2, 0.25) is 0 Å². The number of anilines is 1. The van der Waals surface area contributed by atoms with E-state index in [-0.39, 0.29) is 0 Å². The Labute approximate surface area is 110 Å². The van der Waals surface area contributed by atoms with Crippen molar-refractivity contribution < 1.29 is 0 Å². The normalized spacial score (nSPS) is 11.2. The molecule has 2 aromatic heterocycles. The molecule has 18 heavy (non-hydrogen) atoms. The number of nitrogens with zero attached hydrogens (tertiary/aromatic N) is 2. The van der Waals surface area contributed by atoms with Crippen LogP contribution in [-0.2, 0) is 6.42 Å². The summed E-state index contributed by atoms with van der Waals surface area (Å²) in [5, 5.41) is 0. The van der Waals surface area contributed by atoms with Gasteiger partial charge in [-0.3, -0.25) is 4.40 Å². The average molecular weight is 257 g/mol. The van der Waals surface area contributed by atoms with Crippen molar-refractivity contribution in [2.75, 3.05) is 5.73 Å². The molecule has 0 unspecified atom stereocenters. The predicted molar refractivity (Wildman–Crippen MR) is 77.0 cm³/mol. The lowest BCUT2D eigenvalue weighted by Crippen LogP contribution is -1.95. The molecular weight excluding hydrogens is 242 g/mol. The number of benzene rings is 1. The van der Waals surface area contributed by atoms with Crippen LogP contribution in [0.5, 0.6) is 0 Å². The van der Waals surface area contributed by atoms with Gasteiger partial charge in [-0.25, -0.2) is 4.98 Å². The van der Waals surface area contributed by atoms with E-state index in [0.717, 1.165) is 11.4 Å². The summed E-state index contributed by atoms with van der Waals surface area (Å²) in [7, 11) is 0. The van der Waals surface area contributed by atoms with Crippen LogP contribution in [0.1, 0.15) is 17.4 Å². The van der Waals surface area contributed by atoms with E-state index in [2.05, 4.69) is 43.1 Å². The molecule has 92 valence electrons. The molecule has 0 fully saturated rings. The van der Waals surface area contributed by atoms with Crippen LogP contribution in [-0.4, -0.2) is 9.38 Å². The van der Waals surface area contributed by atoms with E-state index < -0.39 is 0 Å². The fourth-order valence-corrected chi connectivity index (χ4v) is 3.23. The van der Waals surface area contributed by atoms with Gasteiger partial charge in [-0.2, -0.15) is 0 Å². The molecule has 0 aliphatic carbocycles. The first-order chi connectivity index (χ1) is 8.70. The summed E-state index contributed by atoms with van der Waals surface area (Å²) < 4.78 is 2.05. The van der Waals surface area contributed by atoms with E-state index in [0.29, 0.717) is 5.82 Å². The quantitative estimate of drug-likeness (QED) is 0.763. The lowest BCUT2D eigenvalue weighted by molar-refractivity contribution is 1.14. The molecule has 0 aliphatic rings. The van der Waals surface area contributed by atoms with Crippen LogP contribution >= 0.6 is 11.3 Å². The van der Waals surface area contributed by atoms with Gasteiger partial charge < -0.3 is 5.73 Å². The second-order valence-corrected chi connectivity index (χ2v) is 5.46. The maximum absolute atomic E-state index is 6.02. The SMILES string of the molecule is CCc1sc2ncc(N)n2c1-c1ccc(C)cc1. The monoisotopic (exact) mass is 257 g/mol. The number of nitrogen functional groups attached to an aromatic ring is 1. The molecule has 0 aliphatic heterocycles. The number of imidazole rings is 1. The van der Waals surface area contributed by atoms with Gasteiger partial charge in [-0.15, -0.1) is 11.3 Å². The first-order valence-electron chi connectivity index (χ1n) is 6.02. The predicted octanol–water partition coefficient (Wildman–Crippen LogP) is 3.52. The van der Waals surface area contributed by atoms with E-state index >= 15 is 0 Å². The van der Waals surface area contributed by atoms with E-state index in [4.69, 9.17) is 5.73 Å². The first kappa shape index (κ1) is 11.3. The van der Waals surface area contributed by atoms with Gasteiger partial charge in [-0.1, -0.05) is 36.8 Å².